The van der Waals surface area contributed by atoms with Crippen LogP contribution in [0.5, 0.6) is 11.6 Å². The lowest BCUT2D eigenvalue weighted by Crippen LogP contribution is -2.31. The molecule has 4 aromatic rings. The Morgan fingerprint density at radius 2 is 1.62 bits per heavy atom. The monoisotopic (exact) mass is 453 g/mol. The molecule has 0 aliphatic carbocycles. The lowest BCUT2D eigenvalue weighted by molar-refractivity contribution is 0.205. The Labute approximate surface area is 200 Å². The number of benzene rings is 3. The molecule has 5 heteroatoms. The fourth-order valence-corrected chi connectivity index (χ4v) is 4.64. The summed E-state index contributed by atoms with van der Waals surface area (Å²) >= 11 is 0. The number of aromatic hydroxyl groups is 1. The third-order valence-electron chi connectivity index (χ3n) is 6.38. The number of aromatic amines is 1. The number of nitrogens with zero attached hydrogens (tertiary/aromatic N) is 2. The lowest BCUT2D eigenvalue weighted by atomic mass is 10.0. The normalized spacial score (nSPS) is 15.0. The SMILES string of the molecule is Oc1[nH]c2ccccc2c1C(=Nc1ccc(OCCCN2CCCCC2)cc1)c1ccccc1. The third-order valence-corrected chi connectivity index (χ3v) is 6.38. The first-order chi connectivity index (χ1) is 16.8. The van der Waals surface area contributed by atoms with Gasteiger partial charge in [-0.2, -0.15) is 0 Å². The minimum Gasteiger partial charge on any atom is -0.494 e. The van der Waals surface area contributed by atoms with E-state index in [9.17, 15) is 5.11 Å². The van der Waals surface area contributed by atoms with Crippen molar-refractivity contribution in [2.75, 3.05) is 26.2 Å². The molecule has 1 fully saturated rings. The van der Waals surface area contributed by atoms with Gasteiger partial charge in [0.25, 0.3) is 0 Å². The summed E-state index contributed by atoms with van der Waals surface area (Å²) < 4.78 is 5.97. The fraction of sp³-hybridized carbons (Fsp3) is 0.276. The first-order valence-corrected chi connectivity index (χ1v) is 12.2. The Kier molecular flexibility index (Phi) is 6.91. The maximum absolute atomic E-state index is 10.7. The van der Waals surface area contributed by atoms with Gasteiger partial charge < -0.3 is 19.7 Å². The van der Waals surface area contributed by atoms with Gasteiger partial charge in [0.15, 0.2) is 5.88 Å². The molecule has 0 spiro atoms. The number of piperidine rings is 1. The fourth-order valence-electron chi connectivity index (χ4n) is 4.64. The highest BCUT2D eigenvalue weighted by atomic mass is 16.5. The number of fused-ring (bicyclic) bond motifs is 1. The van der Waals surface area contributed by atoms with Crippen molar-refractivity contribution in [3.8, 4) is 11.6 Å². The molecule has 0 radical (unpaired) electrons. The van der Waals surface area contributed by atoms with E-state index in [1.165, 1.54) is 32.4 Å². The number of aliphatic imine (C=N–C) groups is 1. The van der Waals surface area contributed by atoms with Crippen molar-refractivity contribution >= 4 is 22.3 Å². The van der Waals surface area contributed by atoms with E-state index in [0.29, 0.717) is 5.56 Å². The molecule has 0 amide bonds. The zero-order valence-corrected chi connectivity index (χ0v) is 19.4. The summed E-state index contributed by atoms with van der Waals surface area (Å²) in [6.45, 7) is 4.28. The van der Waals surface area contributed by atoms with E-state index in [0.717, 1.165) is 53.2 Å². The molecular formula is C29H31N3O2. The van der Waals surface area contributed by atoms with Crippen LogP contribution in [0.4, 0.5) is 5.69 Å². The van der Waals surface area contributed by atoms with Crippen molar-refractivity contribution in [1.29, 1.82) is 0 Å². The Bertz CT molecular complexity index is 1240. The second kappa shape index (κ2) is 10.6. The maximum atomic E-state index is 10.7. The van der Waals surface area contributed by atoms with Crippen molar-refractivity contribution in [3.63, 3.8) is 0 Å². The number of rotatable bonds is 8. The second-order valence-electron chi connectivity index (χ2n) is 8.82. The summed E-state index contributed by atoms with van der Waals surface area (Å²) in [4.78, 5) is 10.6. The van der Waals surface area contributed by atoms with Crippen molar-refractivity contribution in [3.05, 3.63) is 90.0 Å². The highest BCUT2D eigenvalue weighted by molar-refractivity contribution is 6.21. The summed E-state index contributed by atoms with van der Waals surface area (Å²) in [7, 11) is 0. The molecule has 1 saturated heterocycles. The van der Waals surface area contributed by atoms with Gasteiger partial charge in [0, 0.05) is 23.0 Å². The van der Waals surface area contributed by atoms with Gasteiger partial charge in [0.1, 0.15) is 5.75 Å². The van der Waals surface area contributed by atoms with Gasteiger partial charge in [0.05, 0.1) is 23.6 Å². The van der Waals surface area contributed by atoms with E-state index in [4.69, 9.17) is 9.73 Å². The summed E-state index contributed by atoms with van der Waals surface area (Å²) in [5, 5.41) is 11.7. The summed E-state index contributed by atoms with van der Waals surface area (Å²) in [6.07, 6.45) is 5.06. The average molecular weight is 454 g/mol. The highest BCUT2D eigenvalue weighted by Gasteiger charge is 2.18. The zero-order chi connectivity index (χ0) is 23.2. The number of aromatic nitrogens is 1. The van der Waals surface area contributed by atoms with Crippen molar-refractivity contribution in [2.24, 2.45) is 4.99 Å². The van der Waals surface area contributed by atoms with E-state index in [2.05, 4.69) is 9.88 Å². The number of para-hydroxylation sites is 1. The smallest absolute Gasteiger partial charge is 0.199 e. The van der Waals surface area contributed by atoms with E-state index in [1.54, 1.807) is 0 Å². The molecule has 0 atom stereocenters. The minimum absolute atomic E-state index is 0.123. The van der Waals surface area contributed by atoms with Crippen LogP contribution in [0, 0.1) is 0 Å². The van der Waals surface area contributed by atoms with Crippen LogP contribution in [-0.4, -0.2) is 46.9 Å². The largest absolute Gasteiger partial charge is 0.494 e. The van der Waals surface area contributed by atoms with E-state index in [-0.39, 0.29) is 5.88 Å². The molecule has 0 saturated carbocycles. The molecular weight excluding hydrogens is 422 g/mol. The summed E-state index contributed by atoms with van der Waals surface area (Å²) in [5.74, 6) is 0.978. The molecule has 5 nitrogen and oxygen atoms in total. The predicted octanol–water partition coefficient (Wildman–Crippen LogP) is 6.30. The predicted molar refractivity (Wildman–Crippen MR) is 139 cm³/mol. The van der Waals surface area contributed by atoms with Crippen molar-refractivity contribution in [2.45, 2.75) is 25.7 Å². The van der Waals surface area contributed by atoms with Crippen molar-refractivity contribution in [1.82, 2.24) is 9.88 Å². The Hall–Kier alpha value is -3.57. The molecule has 3 aromatic carbocycles. The van der Waals surface area contributed by atoms with E-state index < -0.39 is 0 Å². The topological polar surface area (TPSA) is 60.9 Å². The number of ether oxygens (including phenoxy) is 1. The Morgan fingerprint density at radius 1 is 0.882 bits per heavy atom. The van der Waals surface area contributed by atoms with Crippen molar-refractivity contribution < 1.29 is 9.84 Å². The van der Waals surface area contributed by atoms with Gasteiger partial charge in [0.2, 0.25) is 0 Å². The highest BCUT2D eigenvalue weighted by Crippen LogP contribution is 2.31. The number of hydrogen-bond donors (Lipinski definition) is 2. The second-order valence-corrected chi connectivity index (χ2v) is 8.82. The number of H-pyrrole nitrogens is 1. The molecule has 0 bridgehead atoms. The van der Waals surface area contributed by atoms with E-state index in [1.807, 2.05) is 78.9 Å². The molecule has 174 valence electrons. The third kappa shape index (κ3) is 5.15. The molecule has 2 heterocycles. The minimum atomic E-state index is 0.123. The van der Waals surface area contributed by atoms with Crippen LogP contribution in [0.1, 0.15) is 36.8 Å². The van der Waals surface area contributed by atoms with Gasteiger partial charge in [-0.05, 0) is 62.7 Å². The summed E-state index contributed by atoms with van der Waals surface area (Å²) in [6, 6.07) is 25.7. The summed E-state index contributed by atoms with van der Waals surface area (Å²) in [5.41, 5.74) is 4.07. The first kappa shape index (κ1) is 22.2. The van der Waals surface area contributed by atoms with Gasteiger partial charge in [-0.15, -0.1) is 0 Å². The van der Waals surface area contributed by atoms with Gasteiger partial charge in [-0.1, -0.05) is 55.0 Å². The molecule has 1 aliphatic rings. The lowest BCUT2D eigenvalue weighted by Gasteiger charge is -2.26. The Morgan fingerprint density at radius 3 is 2.41 bits per heavy atom. The maximum Gasteiger partial charge on any atom is 0.199 e. The Balaban J connectivity index is 1.34. The van der Waals surface area contributed by atoms with Crippen LogP contribution in [0.3, 0.4) is 0 Å². The average Bonchev–Trinajstić information content (AvgIpc) is 3.22. The standard InChI is InChI=1S/C29H31N3O2/c33-29-27(25-12-5-6-13-26(25)31-29)28(22-10-3-1-4-11-22)30-23-14-16-24(17-15-23)34-21-9-20-32-18-7-2-8-19-32/h1,3-6,10-17,31,33H,2,7-9,18-21H2. The number of nitrogens with one attached hydrogen (secondary N) is 1. The van der Waals surface area contributed by atoms with Crippen LogP contribution in [-0.2, 0) is 0 Å². The first-order valence-electron chi connectivity index (χ1n) is 12.2. The van der Waals surface area contributed by atoms with Crippen LogP contribution in [0.15, 0.2) is 83.9 Å². The van der Waals surface area contributed by atoms with E-state index >= 15 is 0 Å². The number of hydrogen-bond acceptors (Lipinski definition) is 4. The van der Waals surface area contributed by atoms with Crippen LogP contribution in [0.2, 0.25) is 0 Å². The van der Waals surface area contributed by atoms with Gasteiger partial charge in [-0.3, -0.25) is 0 Å². The van der Waals surface area contributed by atoms with Gasteiger partial charge in [-0.25, -0.2) is 4.99 Å². The molecule has 1 aliphatic heterocycles. The van der Waals surface area contributed by atoms with Crippen LogP contribution < -0.4 is 4.74 Å². The molecule has 34 heavy (non-hydrogen) atoms. The quantitative estimate of drug-likeness (QED) is 0.243. The van der Waals surface area contributed by atoms with Crippen LogP contribution in [0.25, 0.3) is 10.9 Å². The molecule has 0 unspecified atom stereocenters. The number of likely N-dealkylation sites (tertiary alicyclic amines) is 1. The molecule has 5 rings (SSSR count). The molecule has 1 aromatic heterocycles. The zero-order valence-electron chi connectivity index (χ0n) is 19.4. The molecule has 2 N–H and O–H groups in total. The van der Waals surface area contributed by atoms with Crippen LogP contribution >= 0.6 is 0 Å². The van der Waals surface area contributed by atoms with Gasteiger partial charge >= 0.3 is 0 Å².